The van der Waals surface area contributed by atoms with Gasteiger partial charge in [0.15, 0.2) is 0 Å². The first-order valence-corrected chi connectivity index (χ1v) is 9.63. The molecule has 1 aromatic carbocycles. The molecule has 4 heteroatoms. The van der Waals surface area contributed by atoms with Crippen molar-refractivity contribution < 1.29 is 4.74 Å². The van der Waals surface area contributed by atoms with Crippen LogP contribution in [0.4, 0.5) is 0 Å². The van der Waals surface area contributed by atoms with E-state index < -0.39 is 0 Å². The molecule has 0 radical (unpaired) electrons. The molecule has 0 aromatic heterocycles. The van der Waals surface area contributed by atoms with Crippen LogP contribution in [0.1, 0.15) is 43.6 Å². The molecule has 2 aliphatic heterocycles. The summed E-state index contributed by atoms with van der Waals surface area (Å²) in [5.74, 6) is 1.93. The average molecular weight is 354 g/mol. The van der Waals surface area contributed by atoms with E-state index in [9.17, 15) is 0 Å². The van der Waals surface area contributed by atoms with E-state index in [2.05, 4.69) is 24.1 Å². The van der Waals surface area contributed by atoms with Crippen molar-refractivity contribution in [1.29, 1.82) is 0 Å². The first kappa shape index (κ1) is 16.2. The Labute approximate surface area is 149 Å². The van der Waals surface area contributed by atoms with Crippen LogP contribution in [0.15, 0.2) is 18.2 Å². The van der Waals surface area contributed by atoms with E-state index >= 15 is 0 Å². The van der Waals surface area contributed by atoms with Crippen molar-refractivity contribution in [2.75, 3.05) is 20.3 Å². The lowest BCUT2D eigenvalue weighted by Crippen LogP contribution is -2.47. The fourth-order valence-corrected chi connectivity index (χ4v) is 4.89. The molecular weight excluding hydrogens is 329 g/mol. The van der Waals surface area contributed by atoms with E-state index in [1.54, 1.807) is 0 Å². The number of halogens is 2. The maximum Gasteiger partial charge on any atom is 0.0595 e. The van der Waals surface area contributed by atoms with Crippen molar-refractivity contribution in [1.82, 2.24) is 4.90 Å². The fourth-order valence-electron chi connectivity index (χ4n) is 4.59. The molecule has 126 valence electrons. The standard InChI is InChI=1S/C19H25Cl2NO/c1-22-14-5-7-19(22)16(11-23-10-12-2-3-12)15(9-14)13-4-6-17(20)18(21)8-13/h4,6,8,12,14-16,19H,2-3,5,7,9-11H2,1H3/t14-,15+,16+,19-/m1/s1. The van der Waals surface area contributed by atoms with Gasteiger partial charge in [-0.15, -0.1) is 0 Å². The van der Waals surface area contributed by atoms with Crippen molar-refractivity contribution in [3.8, 4) is 0 Å². The molecule has 4 atom stereocenters. The summed E-state index contributed by atoms with van der Waals surface area (Å²) in [6.07, 6.45) is 6.54. The molecule has 2 saturated heterocycles. The summed E-state index contributed by atoms with van der Waals surface area (Å²) in [6, 6.07) is 7.54. The smallest absolute Gasteiger partial charge is 0.0595 e. The Morgan fingerprint density at radius 1 is 1.09 bits per heavy atom. The summed E-state index contributed by atoms with van der Waals surface area (Å²) in [6.45, 7) is 1.83. The molecule has 2 bridgehead atoms. The molecule has 0 N–H and O–H groups in total. The predicted octanol–water partition coefficient (Wildman–Crippen LogP) is 4.99. The highest BCUT2D eigenvalue weighted by atomic mass is 35.5. The van der Waals surface area contributed by atoms with Gasteiger partial charge in [0.1, 0.15) is 0 Å². The normalized spacial score (nSPS) is 34.0. The number of nitrogens with zero attached hydrogens (tertiary/aromatic N) is 1. The number of rotatable bonds is 5. The van der Waals surface area contributed by atoms with E-state index in [4.69, 9.17) is 27.9 Å². The molecule has 1 aliphatic carbocycles. The van der Waals surface area contributed by atoms with Crippen molar-refractivity contribution in [2.24, 2.45) is 11.8 Å². The second-order valence-electron chi connectivity index (χ2n) is 7.62. The summed E-state index contributed by atoms with van der Waals surface area (Å²) in [7, 11) is 2.29. The zero-order valence-corrected chi connectivity index (χ0v) is 15.2. The van der Waals surface area contributed by atoms with Gasteiger partial charge in [-0.25, -0.2) is 0 Å². The highest BCUT2D eigenvalue weighted by molar-refractivity contribution is 6.42. The van der Waals surface area contributed by atoms with Crippen molar-refractivity contribution in [3.05, 3.63) is 33.8 Å². The number of hydrogen-bond acceptors (Lipinski definition) is 2. The van der Waals surface area contributed by atoms with Gasteiger partial charge in [-0.2, -0.15) is 0 Å². The minimum atomic E-state index is 0.540. The largest absolute Gasteiger partial charge is 0.381 e. The van der Waals surface area contributed by atoms with Gasteiger partial charge < -0.3 is 9.64 Å². The fraction of sp³-hybridized carbons (Fsp3) is 0.684. The van der Waals surface area contributed by atoms with Crippen LogP contribution in [0.3, 0.4) is 0 Å². The van der Waals surface area contributed by atoms with Crippen molar-refractivity contribution >= 4 is 23.2 Å². The van der Waals surface area contributed by atoms with Crippen LogP contribution in [0.5, 0.6) is 0 Å². The SMILES string of the molecule is CN1[C@@H]2CC[C@@H]1[C@@H](COCC1CC1)[C@H](c1ccc(Cl)c(Cl)c1)C2. The quantitative estimate of drug-likeness (QED) is 0.739. The highest BCUT2D eigenvalue weighted by Gasteiger charge is 2.46. The summed E-state index contributed by atoms with van der Waals surface area (Å²) < 4.78 is 6.12. The highest BCUT2D eigenvalue weighted by Crippen LogP contribution is 2.47. The van der Waals surface area contributed by atoms with Crippen molar-refractivity contribution in [2.45, 2.75) is 50.1 Å². The van der Waals surface area contributed by atoms with E-state index in [1.807, 2.05) is 6.07 Å². The molecule has 2 nitrogen and oxygen atoms in total. The van der Waals surface area contributed by atoms with Crippen molar-refractivity contribution in [3.63, 3.8) is 0 Å². The Hall–Kier alpha value is -0.280. The van der Waals surface area contributed by atoms with E-state index in [-0.39, 0.29) is 0 Å². The van der Waals surface area contributed by atoms with Gasteiger partial charge in [0.05, 0.1) is 16.7 Å². The summed E-state index contributed by atoms with van der Waals surface area (Å²) in [5, 5.41) is 1.32. The van der Waals surface area contributed by atoms with E-state index in [0.717, 1.165) is 19.1 Å². The van der Waals surface area contributed by atoms with E-state index in [0.29, 0.717) is 34.0 Å². The third-order valence-corrected chi connectivity index (χ3v) is 6.90. The molecule has 23 heavy (non-hydrogen) atoms. The molecule has 3 fully saturated rings. The zero-order chi connectivity index (χ0) is 16.0. The third kappa shape index (κ3) is 3.28. The lowest BCUT2D eigenvalue weighted by atomic mass is 9.76. The van der Waals surface area contributed by atoms with Gasteiger partial charge in [0, 0.05) is 24.6 Å². The monoisotopic (exact) mass is 353 g/mol. The van der Waals surface area contributed by atoms with Crippen LogP contribution in [0.25, 0.3) is 0 Å². The molecule has 2 heterocycles. The summed E-state index contributed by atoms with van der Waals surface area (Å²) in [4.78, 5) is 2.60. The number of piperidine rings is 1. The van der Waals surface area contributed by atoms with Gasteiger partial charge >= 0.3 is 0 Å². The first-order chi connectivity index (χ1) is 11.1. The summed E-state index contributed by atoms with van der Waals surface area (Å²) in [5.41, 5.74) is 1.34. The second-order valence-corrected chi connectivity index (χ2v) is 8.44. The van der Waals surface area contributed by atoms with Crippen LogP contribution in [0, 0.1) is 11.8 Å². The Bertz CT molecular complexity index is 574. The van der Waals surface area contributed by atoms with Crippen LogP contribution >= 0.6 is 23.2 Å². The van der Waals surface area contributed by atoms with Crippen LogP contribution < -0.4 is 0 Å². The molecule has 0 unspecified atom stereocenters. The number of ether oxygens (including phenoxy) is 1. The third-order valence-electron chi connectivity index (χ3n) is 6.16. The zero-order valence-electron chi connectivity index (χ0n) is 13.7. The van der Waals surface area contributed by atoms with Gasteiger partial charge in [0.2, 0.25) is 0 Å². The molecular formula is C19H25Cl2NO. The van der Waals surface area contributed by atoms with Gasteiger partial charge in [-0.05, 0) is 68.7 Å². The lowest BCUT2D eigenvalue weighted by molar-refractivity contribution is 0.0176. The van der Waals surface area contributed by atoms with Gasteiger partial charge in [0.25, 0.3) is 0 Å². The van der Waals surface area contributed by atoms with Gasteiger partial charge in [-0.3, -0.25) is 0 Å². The predicted molar refractivity (Wildman–Crippen MR) is 95.4 cm³/mol. The second kappa shape index (κ2) is 6.55. The topological polar surface area (TPSA) is 12.5 Å². The van der Waals surface area contributed by atoms with E-state index in [1.165, 1.54) is 37.7 Å². The maximum atomic E-state index is 6.28. The Morgan fingerprint density at radius 3 is 2.65 bits per heavy atom. The molecule has 3 aliphatic rings. The maximum absolute atomic E-state index is 6.28. The minimum Gasteiger partial charge on any atom is -0.381 e. The molecule has 4 rings (SSSR count). The molecule has 1 saturated carbocycles. The molecule has 0 spiro atoms. The lowest BCUT2D eigenvalue weighted by Gasteiger charge is -2.43. The van der Waals surface area contributed by atoms with Crippen LogP contribution in [-0.4, -0.2) is 37.2 Å². The number of benzene rings is 1. The van der Waals surface area contributed by atoms with Crippen LogP contribution in [-0.2, 0) is 4.74 Å². The molecule has 1 aromatic rings. The molecule has 0 amide bonds. The number of fused-ring (bicyclic) bond motifs is 2. The number of hydrogen-bond donors (Lipinski definition) is 0. The summed E-state index contributed by atoms with van der Waals surface area (Å²) >= 11 is 12.4. The Morgan fingerprint density at radius 2 is 1.91 bits per heavy atom. The first-order valence-electron chi connectivity index (χ1n) is 8.88. The Balaban J connectivity index is 1.55. The minimum absolute atomic E-state index is 0.540. The average Bonchev–Trinajstić information content (AvgIpc) is 3.31. The van der Waals surface area contributed by atoms with Gasteiger partial charge in [-0.1, -0.05) is 29.3 Å². The van der Waals surface area contributed by atoms with Crippen LogP contribution in [0.2, 0.25) is 10.0 Å². The Kier molecular flexibility index (Phi) is 4.62.